The summed E-state index contributed by atoms with van der Waals surface area (Å²) in [4.78, 5) is 4.06. The van der Waals surface area contributed by atoms with Crippen molar-refractivity contribution in [3.05, 3.63) is 29.8 Å². The van der Waals surface area contributed by atoms with Gasteiger partial charge in [-0.05, 0) is 29.8 Å². The summed E-state index contributed by atoms with van der Waals surface area (Å²) in [6, 6.07) is 6.00. The Balaban J connectivity index is 2.08. The van der Waals surface area contributed by atoms with E-state index in [1.165, 1.54) is 6.21 Å². The maximum atomic E-state index is 9.93. The molecule has 0 aliphatic carbocycles. The minimum atomic E-state index is -1.39. The lowest BCUT2D eigenvalue weighted by atomic mass is 9.97. The number of benzene rings is 1. The Hall–Kier alpha value is -1.51. The zero-order chi connectivity index (χ0) is 15.4. The van der Waals surface area contributed by atoms with E-state index in [1.807, 2.05) is 0 Å². The first-order valence-electron chi connectivity index (χ1n) is 6.54. The summed E-state index contributed by atoms with van der Waals surface area (Å²) in [6.45, 7) is -0.496. The minimum absolute atomic E-state index is 0.496. The third kappa shape index (κ3) is 3.58. The molecule has 0 bridgehead atoms. The number of hydrogen-bond donors (Lipinski definition) is 4. The van der Waals surface area contributed by atoms with E-state index < -0.39 is 37.3 Å². The van der Waals surface area contributed by atoms with E-state index in [9.17, 15) is 15.3 Å². The van der Waals surface area contributed by atoms with Crippen LogP contribution in [0.25, 0.3) is 0 Å². The van der Waals surface area contributed by atoms with Crippen molar-refractivity contribution in [2.75, 3.05) is 13.7 Å². The quantitative estimate of drug-likeness (QED) is 0.526. The molecule has 3 unspecified atom stereocenters. The number of hydrogen-bond acceptors (Lipinski definition) is 7. The largest absolute Gasteiger partial charge is 0.497 e. The van der Waals surface area contributed by atoms with Crippen LogP contribution in [0.3, 0.4) is 0 Å². The first-order chi connectivity index (χ1) is 10.1. The number of methoxy groups -OCH3 is 1. The van der Waals surface area contributed by atoms with Crippen molar-refractivity contribution in [2.24, 2.45) is 4.99 Å². The van der Waals surface area contributed by atoms with Gasteiger partial charge < -0.3 is 29.9 Å². The second kappa shape index (κ2) is 6.97. The van der Waals surface area contributed by atoms with Gasteiger partial charge in [-0.2, -0.15) is 0 Å². The molecular formula is C14H19NO6. The third-order valence-corrected chi connectivity index (χ3v) is 3.38. The van der Waals surface area contributed by atoms with E-state index in [0.29, 0.717) is 5.75 Å². The van der Waals surface area contributed by atoms with E-state index in [0.717, 1.165) is 5.56 Å². The number of rotatable bonds is 4. The predicted molar refractivity (Wildman–Crippen MR) is 74.4 cm³/mol. The molecule has 0 radical (unpaired) electrons. The van der Waals surface area contributed by atoms with Crippen LogP contribution in [0.4, 0.5) is 0 Å². The van der Waals surface area contributed by atoms with Gasteiger partial charge in [-0.1, -0.05) is 0 Å². The molecule has 116 valence electrons. The molecule has 1 saturated heterocycles. The van der Waals surface area contributed by atoms with Crippen molar-refractivity contribution in [2.45, 2.75) is 30.6 Å². The average Bonchev–Trinajstić information content (AvgIpc) is 2.51. The maximum absolute atomic E-state index is 9.93. The molecule has 1 aliphatic rings. The molecule has 5 atom stereocenters. The molecule has 1 fully saturated rings. The Morgan fingerprint density at radius 1 is 1.19 bits per heavy atom. The topological polar surface area (TPSA) is 112 Å². The van der Waals surface area contributed by atoms with Crippen LogP contribution < -0.4 is 4.74 Å². The third-order valence-electron chi connectivity index (χ3n) is 3.38. The van der Waals surface area contributed by atoms with Crippen molar-refractivity contribution in [1.82, 2.24) is 0 Å². The zero-order valence-corrected chi connectivity index (χ0v) is 11.5. The van der Waals surface area contributed by atoms with E-state index in [2.05, 4.69) is 4.99 Å². The van der Waals surface area contributed by atoms with Crippen LogP contribution in [-0.2, 0) is 4.74 Å². The summed E-state index contributed by atoms with van der Waals surface area (Å²) in [5.74, 6) is 0.703. The molecule has 0 amide bonds. The van der Waals surface area contributed by atoms with Crippen LogP contribution in [0.2, 0.25) is 0 Å². The smallest absolute Gasteiger partial charge is 0.180 e. The predicted octanol–water partition coefficient (Wildman–Crippen LogP) is -1.09. The Labute approximate surface area is 122 Å². The van der Waals surface area contributed by atoms with Gasteiger partial charge in [0.2, 0.25) is 0 Å². The van der Waals surface area contributed by atoms with Crippen LogP contribution in [0.5, 0.6) is 5.75 Å². The van der Waals surface area contributed by atoms with Gasteiger partial charge in [-0.15, -0.1) is 0 Å². The van der Waals surface area contributed by atoms with E-state index in [1.54, 1.807) is 31.4 Å². The normalized spacial score (nSPS) is 33.3. The fraction of sp³-hybridized carbons (Fsp3) is 0.500. The summed E-state index contributed by atoms with van der Waals surface area (Å²) in [5.41, 5.74) is 0.744. The van der Waals surface area contributed by atoms with Gasteiger partial charge >= 0.3 is 0 Å². The number of aliphatic imine (C=N–C) groups is 1. The van der Waals surface area contributed by atoms with Crippen molar-refractivity contribution in [1.29, 1.82) is 0 Å². The molecule has 0 spiro atoms. The minimum Gasteiger partial charge on any atom is -0.497 e. The molecule has 1 aromatic carbocycles. The van der Waals surface area contributed by atoms with Crippen molar-refractivity contribution in [3.8, 4) is 5.75 Å². The van der Waals surface area contributed by atoms with E-state index in [-0.39, 0.29) is 0 Å². The lowest BCUT2D eigenvalue weighted by Gasteiger charge is -2.38. The van der Waals surface area contributed by atoms with Crippen molar-refractivity contribution < 1.29 is 29.9 Å². The van der Waals surface area contributed by atoms with Gasteiger partial charge in [0, 0.05) is 6.21 Å². The highest BCUT2D eigenvalue weighted by Gasteiger charge is 2.43. The molecule has 21 heavy (non-hydrogen) atoms. The number of ether oxygens (including phenoxy) is 2. The standard InChI is InChI=1S/C14H19NO6/c1-20-9-4-2-8(3-5-9)6-15-11-13(18)12(17)10(7-16)21-14(11)19/h2-6,10-14,16-19H,7H2,1H3/b15-6-/t10?,11-,12+,13?,14?/m0/s1. The van der Waals surface area contributed by atoms with Crippen molar-refractivity contribution in [3.63, 3.8) is 0 Å². The number of aliphatic hydroxyl groups excluding tert-OH is 4. The Bertz CT molecular complexity index is 477. The molecule has 2 rings (SSSR count). The number of nitrogens with zero attached hydrogens (tertiary/aromatic N) is 1. The first-order valence-corrected chi connectivity index (χ1v) is 6.54. The Morgan fingerprint density at radius 2 is 1.86 bits per heavy atom. The van der Waals surface area contributed by atoms with Gasteiger partial charge in [0.1, 0.15) is 30.1 Å². The lowest BCUT2D eigenvalue weighted by Crippen LogP contribution is -2.57. The monoisotopic (exact) mass is 297 g/mol. The molecule has 0 aromatic heterocycles. The molecule has 7 nitrogen and oxygen atoms in total. The zero-order valence-electron chi connectivity index (χ0n) is 11.5. The van der Waals surface area contributed by atoms with Gasteiger partial charge in [0.15, 0.2) is 6.29 Å². The van der Waals surface area contributed by atoms with Gasteiger partial charge in [0.25, 0.3) is 0 Å². The van der Waals surface area contributed by atoms with E-state index in [4.69, 9.17) is 14.6 Å². The summed E-state index contributed by atoms with van der Waals surface area (Å²) >= 11 is 0. The molecule has 7 heteroatoms. The van der Waals surface area contributed by atoms with Crippen LogP contribution in [0.15, 0.2) is 29.3 Å². The lowest BCUT2D eigenvalue weighted by molar-refractivity contribution is -0.248. The summed E-state index contributed by atoms with van der Waals surface area (Å²) < 4.78 is 10.1. The molecule has 0 saturated carbocycles. The highest BCUT2D eigenvalue weighted by molar-refractivity contribution is 5.79. The van der Waals surface area contributed by atoms with Gasteiger partial charge in [0.05, 0.1) is 13.7 Å². The maximum Gasteiger partial charge on any atom is 0.180 e. The van der Waals surface area contributed by atoms with Gasteiger partial charge in [-0.3, -0.25) is 4.99 Å². The van der Waals surface area contributed by atoms with Crippen LogP contribution in [-0.4, -0.2) is 71.0 Å². The Morgan fingerprint density at radius 3 is 2.43 bits per heavy atom. The average molecular weight is 297 g/mol. The molecule has 1 heterocycles. The molecule has 4 N–H and O–H groups in total. The van der Waals surface area contributed by atoms with Crippen LogP contribution in [0.1, 0.15) is 5.56 Å². The van der Waals surface area contributed by atoms with E-state index >= 15 is 0 Å². The highest BCUT2D eigenvalue weighted by Crippen LogP contribution is 2.22. The summed E-state index contributed by atoms with van der Waals surface area (Å²) in [7, 11) is 1.56. The summed E-state index contributed by atoms with van der Waals surface area (Å²) in [6.07, 6.45) is -3.58. The first kappa shape index (κ1) is 15.9. The van der Waals surface area contributed by atoms with Crippen LogP contribution in [0, 0.1) is 0 Å². The fourth-order valence-electron chi connectivity index (χ4n) is 2.11. The van der Waals surface area contributed by atoms with Crippen molar-refractivity contribution >= 4 is 6.21 Å². The molecule has 1 aromatic rings. The second-order valence-electron chi connectivity index (χ2n) is 4.77. The Kier molecular flexibility index (Phi) is 5.27. The molecule has 1 aliphatic heterocycles. The second-order valence-corrected chi connectivity index (χ2v) is 4.77. The molecular weight excluding hydrogens is 278 g/mol. The fourth-order valence-corrected chi connectivity index (χ4v) is 2.11. The highest BCUT2D eigenvalue weighted by atomic mass is 16.6. The number of aliphatic hydroxyl groups is 4. The summed E-state index contributed by atoms with van der Waals surface area (Å²) in [5, 5.41) is 38.5. The SMILES string of the molecule is COc1ccc(/C=N\[C@@H]2C(O)OC(CO)[C@@H](O)C2O)cc1. The van der Waals surface area contributed by atoms with Crippen LogP contribution >= 0.6 is 0 Å². The van der Waals surface area contributed by atoms with Gasteiger partial charge in [-0.25, -0.2) is 0 Å².